The van der Waals surface area contributed by atoms with Crippen LogP contribution in [0.1, 0.15) is 19.4 Å². The van der Waals surface area contributed by atoms with Gasteiger partial charge in [-0.2, -0.15) is 0 Å². The number of benzene rings is 1. The maximum absolute atomic E-state index is 11.3. The molecule has 4 nitrogen and oxygen atoms in total. The Kier molecular flexibility index (Phi) is 4.04. The zero-order valence-electron chi connectivity index (χ0n) is 11.5. The number of carbonyl (C=O) groups excluding carboxylic acids is 1. The lowest BCUT2D eigenvalue weighted by Crippen LogP contribution is -2.09. The second-order valence-corrected chi connectivity index (χ2v) is 5.91. The summed E-state index contributed by atoms with van der Waals surface area (Å²) < 4.78 is 1.93. The minimum atomic E-state index is -0.103. The fourth-order valence-corrected chi connectivity index (χ4v) is 2.51. The zero-order chi connectivity index (χ0) is 14.0. The highest BCUT2D eigenvalue weighted by Gasteiger charge is 2.16. The van der Waals surface area contributed by atoms with E-state index in [-0.39, 0.29) is 11.0 Å². The summed E-state index contributed by atoms with van der Waals surface area (Å²) in [6, 6.07) is 8.14. The molecule has 0 spiro atoms. The molecule has 19 heavy (non-hydrogen) atoms. The van der Waals surface area contributed by atoms with Crippen LogP contribution in [0.25, 0.3) is 11.4 Å². The van der Waals surface area contributed by atoms with Crippen LogP contribution in [0, 0.1) is 6.92 Å². The summed E-state index contributed by atoms with van der Waals surface area (Å²) in [6.07, 6.45) is 0. The van der Waals surface area contributed by atoms with Gasteiger partial charge in [0.25, 0.3) is 0 Å². The summed E-state index contributed by atoms with van der Waals surface area (Å²) in [7, 11) is 1.92. The van der Waals surface area contributed by atoms with Crippen LogP contribution in [-0.2, 0) is 11.8 Å². The normalized spacial score (nSPS) is 12.4. The topological polar surface area (TPSA) is 47.8 Å². The second-order valence-electron chi connectivity index (χ2n) is 4.61. The SMILES string of the molecule is CC(=O)[C@H](C)Sc1nnc(-c2cccc(C)c2)n1C. The first-order valence-corrected chi connectivity index (χ1v) is 7.00. The molecule has 0 aliphatic heterocycles. The minimum absolute atomic E-state index is 0.103. The van der Waals surface area contributed by atoms with Gasteiger partial charge in [0, 0.05) is 12.6 Å². The third-order valence-electron chi connectivity index (χ3n) is 2.97. The summed E-state index contributed by atoms with van der Waals surface area (Å²) >= 11 is 1.44. The van der Waals surface area contributed by atoms with Gasteiger partial charge in [-0.15, -0.1) is 10.2 Å². The van der Waals surface area contributed by atoms with Gasteiger partial charge in [0.15, 0.2) is 11.0 Å². The molecule has 1 aromatic carbocycles. The molecular weight excluding hydrogens is 258 g/mol. The van der Waals surface area contributed by atoms with Crippen LogP contribution >= 0.6 is 11.8 Å². The predicted molar refractivity (Wildman–Crippen MR) is 77.2 cm³/mol. The largest absolute Gasteiger partial charge is 0.305 e. The van der Waals surface area contributed by atoms with E-state index >= 15 is 0 Å². The Labute approximate surface area is 117 Å². The van der Waals surface area contributed by atoms with Gasteiger partial charge < -0.3 is 4.57 Å². The lowest BCUT2D eigenvalue weighted by atomic mass is 10.1. The molecule has 100 valence electrons. The Morgan fingerprint density at radius 1 is 1.37 bits per heavy atom. The van der Waals surface area contributed by atoms with E-state index in [1.165, 1.54) is 17.3 Å². The molecule has 2 rings (SSSR count). The molecule has 2 aromatic rings. The maximum Gasteiger partial charge on any atom is 0.191 e. The number of hydrogen-bond acceptors (Lipinski definition) is 4. The highest BCUT2D eigenvalue weighted by Crippen LogP contribution is 2.26. The van der Waals surface area contributed by atoms with Gasteiger partial charge in [0.1, 0.15) is 5.78 Å². The average Bonchev–Trinajstić information content (AvgIpc) is 2.71. The smallest absolute Gasteiger partial charge is 0.191 e. The Morgan fingerprint density at radius 3 is 2.74 bits per heavy atom. The molecule has 0 aliphatic rings. The molecule has 0 unspecified atom stereocenters. The molecule has 0 bridgehead atoms. The fourth-order valence-electron chi connectivity index (χ4n) is 1.69. The monoisotopic (exact) mass is 275 g/mol. The quantitative estimate of drug-likeness (QED) is 0.805. The average molecular weight is 275 g/mol. The zero-order valence-corrected chi connectivity index (χ0v) is 12.4. The van der Waals surface area contributed by atoms with Crippen molar-refractivity contribution in [2.24, 2.45) is 7.05 Å². The van der Waals surface area contributed by atoms with Gasteiger partial charge in [-0.05, 0) is 26.8 Å². The number of aromatic nitrogens is 3. The molecule has 0 amide bonds. The molecular formula is C14H17N3OS. The molecule has 0 aliphatic carbocycles. The standard InChI is InChI=1S/C14H17N3OS/c1-9-6-5-7-12(8-9)13-15-16-14(17(13)4)19-11(3)10(2)18/h5-8,11H,1-4H3/t11-/m0/s1. The molecule has 0 saturated heterocycles. The van der Waals surface area contributed by atoms with E-state index in [2.05, 4.69) is 16.3 Å². The number of nitrogens with zero attached hydrogens (tertiary/aromatic N) is 3. The van der Waals surface area contributed by atoms with Crippen molar-refractivity contribution in [2.45, 2.75) is 31.2 Å². The molecule has 0 saturated carbocycles. The summed E-state index contributed by atoms with van der Waals surface area (Å²) in [5, 5.41) is 9.05. The van der Waals surface area contributed by atoms with Crippen LogP contribution in [0.4, 0.5) is 0 Å². The van der Waals surface area contributed by atoms with Crippen molar-refractivity contribution in [2.75, 3.05) is 0 Å². The molecule has 1 atom stereocenters. The number of Topliss-reactive ketones (excluding diaryl/α,β-unsaturated/α-hetero) is 1. The second kappa shape index (κ2) is 5.57. The van der Waals surface area contributed by atoms with Crippen molar-refractivity contribution >= 4 is 17.5 Å². The number of ketones is 1. The van der Waals surface area contributed by atoms with Crippen LogP contribution in [0.5, 0.6) is 0 Å². The Hall–Kier alpha value is -1.62. The van der Waals surface area contributed by atoms with Crippen molar-refractivity contribution in [1.82, 2.24) is 14.8 Å². The number of thioether (sulfide) groups is 1. The van der Waals surface area contributed by atoms with Crippen LogP contribution in [0.3, 0.4) is 0 Å². The summed E-state index contributed by atoms with van der Waals surface area (Å²) in [5.41, 5.74) is 2.23. The Morgan fingerprint density at radius 2 is 2.11 bits per heavy atom. The Bertz CT molecular complexity index is 606. The number of hydrogen-bond donors (Lipinski definition) is 0. The molecule has 0 radical (unpaired) electrons. The van der Waals surface area contributed by atoms with Crippen molar-refractivity contribution in [3.05, 3.63) is 29.8 Å². The van der Waals surface area contributed by atoms with Crippen LogP contribution < -0.4 is 0 Å². The highest BCUT2D eigenvalue weighted by atomic mass is 32.2. The van der Waals surface area contributed by atoms with Crippen molar-refractivity contribution in [3.8, 4) is 11.4 Å². The molecule has 5 heteroatoms. The van der Waals surface area contributed by atoms with E-state index in [9.17, 15) is 4.79 Å². The van der Waals surface area contributed by atoms with Gasteiger partial charge in [-0.25, -0.2) is 0 Å². The number of aryl methyl sites for hydroxylation is 1. The van der Waals surface area contributed by atoms with Crippen LogP contribution in [-0.4, -0.2) is 25.8 Å². The first-order valence-electron chi connectivity index (χ1n) is 6.12. The maximum atomic E-state index is 11.3. The lowest BCUT2D eigenvalue weighted by molar-refractivity contribution is -0.116. The Balaban J connectivity index is 2.30. The van der Waals surface area contributed by atoms with E-state index in [0.29, 0.717) is 0 Å². The van der Waals surface area contributed by atoms with Gasteiger partial charge in [-0.3, -0.25) is 4.79 Å². The lowest BCUT2D eigenvalue weighted by Gasteiger charge is -2.07. The summed E-state index contributed by atoms with van der Waals surface area (Å²) in [5.74, 6) is 0.965. The molecule has 0 N–H and O–H groups in total. The molecule has 0 fully saturated rings. The molecule has 1 heterocycles. The third kappa shape index (κ3) is 3.04. The van der Waals surface area contributed by atoms with E-state index in [4.69, 9.17) is 0 Å². The van der Waals surface area contributed by atoms with Crippen molar-refractivity contribution in [1.29, 1.82) is 0 Å². The first kappa shape index (κ1) is 13.8. The van der Waals surface area contributed by atoms with Crippen LogP contribution in [0.2, 0.25) is 0 Å². The van der Waals surface area contributed by atoms with Crippen molar-refractivity contribution in [3.63, 3.8) is 0 Å². The predicted octanol–water partition coefficient (Wildman–Crippen LogP) is 2.86. The first-order chi connectivity index (χ1) is 8.99. The van der Waals surface area contributed by atoms with Crippen molar-refractivity contribution < 1.29 is 4.79 Å². The summed E-state index contributed by atoms with van der Waals surface area (Å²) in [6.45, 7) is 5.52. The van der Waals surface area contributed by atoms with Crippen LogP contribution in [0.15, 0.2) is 29.4 Å². The van der Waals surface area contributed by atoms with Gasteiger partial charge in [-0.1, -0.05) is 35.5 Å². The number of carbonyl (C=O) groups is 1. The third-order valence-corrected chi connectivity index (χ3v) is 4.22. The minimum Gasteiger partial charge on any atom is -0.305 e. The van der Waals surface area contributed by atoms with E-state index in [1.807, 2.05) is 43.7 Å². The van der Waals surface area contributed by atoms with Gasteiger partial charge in [0.05, 0.1) is 5.25 Å². The van der Waals surface area contributed by atoms with Gasteiger partial charge in [0.2, 0.25) is 0 Å². The summed E-state index contributed by atoms with van der Waals surface area (Å²) in [4.78, 5) is 11.3. The molecule has 1 aromatic heterocycles. The number of rotatable bonds is 4. The highest BCUT2D eigenvalue weighted by molar-refractivity contribution is 8.00. The van der Waals surface area contributed by atoms with E-state index in [1.54, 1.807) is 6.92 Å². The van der Waals surface area contributed by atoms with Gasteiger partial charge >= 0.3 is 0 Å². The van der Waals surface area contributed by atoms with E-state index < -0.39 is 0 Å². The van der Waals surface area contributed by atoms with E-state index in [0.717, 1.165) is 16.5 Å². The fraction of sp³-hybridized carbons (Fsp3) is 0.357.